The number of nitrogens with one attached hydrogen (secondary N) is 1. The largest absolute Gasteiger partial charge is 0.462 e. The minimum atomic E-state index is -0.473. The molecule has 118 valence electrons. The van der Waals surface area contributed by atoms with Crippen LogP contribution in [0.25, 0.3) is 0 Å². The minimum absolute atomic E-state index is 0.117. The highest BCUT2D eigenvalue weighted by Gasteiger charge is 2.25. The quantitative estimate of drug-likeness (QED) is 0.626. The molecule has 0 aliphatic rings. The summed E-state index contributed by atoms with van der Waals surface area (Å²) in [4.78, 5) is 28.5. The summed E-state index contributed by atoms with van der Waals surface area (Å²) < 4.78 is 4.97. The zero-order valence-corrected chi connectivity index (χ0v) is 12.6. The van der Waals surface area contributed by atoms with Crippen LogP contribution < -0.4 is 0 Å². The highest BCUT2D eigenvalue weighted by atomic mass is 16.5. The van der Waals surface area contributed by atoms with Crippen molar-refractivity contribution in [3.05, 3.63) is 22.5 Å². The van der Waals surface area contributed by atoms with Gasteiger partial charge >= 0.3 is 5.97 Å². The summed E-state index contributed by atoms with van der Waals surface area (Å²) >= 11 is 0. The number of amides is 1. The Morgan fingerprint density at radius 2 is 1.76 bits per heavy atom. The number of ether oxygens (including phenoxy) is 1. The van der Waals surface area contributed by atoms with Crippen LogP contribution in [-0.4, -0.2) is 64.9 Å². The third-order valence-electron chi connectivity index (χ3n) is 3.16. The van der Waals surface area contributed by atoms with Gasteiger partial charge in [0.2, 0.25) is 0 Å². The van der Waals surface area contributed by atoms with E-state index in [1.807, 2.05) is 0 Å². The van der Waals surface area contributed by atoms with E-state index in [1.54, 1.807) is 20.8 Å². The van der Waals surface area contributed by atoms with E-state index >= 15 is 0 Å². The smallest absolute Gasteiger partial charge is 0.340 e. The van der Waals surface area contributed by atoms with Gasteiger partial charge in [-0.2, -0.15) is 0 Å². The van der Waals surface area contributed by atoms with Crippen LogP contribution >= 0.6 is 0 Å². The van der Waals surface area contributed by atoms with Crippen LogP contribution in [0.5, 0.6) is 0 Å². The van der Waals surface area contributed by atoms with Gasteiger partial charge in [0, 0.05) is 18.8 Å². The molecule has 1 aromatic rings. The first-order valence-corrected chi connectivity index (χ1v) is 6.85. The molecule has 0 aromatic carbocycles. The maximum absolute atomic E-state index is 12.4. The molecule has 7 heteroatoms. The normalized spacial score (nSPS) is 10.5. The van der Waals surface area contributed by atoms with Gasteiger partial charge in [-0.15, -0.1) is 0 Å². The molecule has 0 unspecified atom stereocenters. The molecule has 1 amide bonds. The summed E-state index contributed by atoms with van der Waals surface area (Å²) in [5, 5.41) is 18.0. The lowest BCUT2D eigenvalue weighted by molar-refractivity contribution is 0.0525. The monoisotopic (exact) mass is 298 g/mol. The fourth-order valence-electron chi connectivity index (χ4n) is 2.19. The summed E-state index contributed by atoms with van der Waals surface area (Å²) in [6.45, 7) is 5.16. The van der Waals surface area contributed by atoms with Gasteiger partial charge < -0.3 is 24.8 Å². The summed E-state index contributed by atoms with van der Waals surface area (Å²) in [5.74, 6) is -0.840. The number of rotatable bonds is 7. The topological polar surface area (TPSA) is 103 Å². The number of nitrogens with zero attached hydrogens (tertiary/aromatic N) is 1. The molecule has 21 heavy (non-hydrogen) atoms. The number of hydrogen-bond donors (Lipinski definition) is 3. The fourth-order valence-corrected chi connectivity index (χ4v) is 2.19. The zero-order chi connectivity index (χ0) is 16.0. The van der Waals surface area contributed by atoms with Crippen molar-refractivity contribution in [3.8, 4) is 0 Å². The predicted octanol–water partition coefficient (Wildman–Crippen LogP) is 0.235. The van der Waals surface area contributed by atoms with Crippen molar-refractivity contribution in [3.63, 3.8) is 0 Å². The molecule has 1 aromatic heterocycles. The number of aromatic nitrogens is 1. The van der Waals surface area contributed by atoms with Crippen molar-refractivity contribution in [2.45, 2.75) is 20.8 Å². The number of aryl methyl sites for hydroxylation is 1. The Hall–Kier alpha value is -1.86. The molecular formula is C14H22N2O5. The molecule has 0 aliphatic carbocycles. The fraction of sp³-hybridized carbons (Fsp3) is 0.571. The molecule has 0 fully saturated rings. The van der Waals surface area contributed by atoms with Crippen molar-refractivity contribution in [2.75, 3.05) is 32.9 Å². The number of aromatic amines is 1. The van der Waals surface area contributed by atoms with Gasteiger partial charge in [0.05, 0.1) is 25.4 Å². The highest BCUT2D eigenvalue weighted by Crippen LogP contribution is 2.20. The Balaban J connectivity index is 3.10. The van der Waals surface area contributed by atoms with Gasteiger partial charge in [-0.05, 0) is 26.3 Å². The number of hydrogen-bond acceptors (Lipinski definition) is 5. The average Bonchev–Trinajstić information content (AvgIpc) is 2.73. The van der Waals surface area contributed by atoms with Crippen LogP contribution in [0, 0.1) is 13.8 Å². The van der Waals surface area contributed by atoms with E-state index in [4.69, 9.17) is 14.9 Å². The number of H-pyrrole nitrogens is 1. The first kappa shape index (κ1) is 17.2. The van der Waals surface area contributed by atoms with Crippen LogP contribution in [-0.2, 0) is 4.74 Å². The minimum Gasteiger partial charge on any atom is -0.462 e. The van der Waals surface area contributed by atoms with Crippen LogP contribution in [0.1, 0.15) is 39.0 Å². The Morgan fingerprint density at radius 3 is 2.24 bits per heavy atom. The first-order chi connectivity index (χ1) is 9.97. The van der Waals surface area contributed by atoms with E-state index in [2.05, 4.69) is 4.98 Å². The number of aliphatic hydroxyl groups is 2. The first-order valence-electron chi connectivity index (χ1n) is 6.85. The van der Waals surface area contributed by atoms with E-state index in [9.17, 15) is 9.59 Å². The van der Waals surface area contributed by atoms with Gasteiger partial charge in [0.25, 0.3) is 5.91 Å². The highest BCUT2D eigenvalue weighted by molar-refractivity contribution is 6.00. The van der Waals surface area contributed by atoms with Gasteiger partial charge in [0.1, 0.15) is 5.69 Å². The Bertz CT molecular complexity index is 504. The van der Waals surface area contributed by atoms with Crippen molar-refractivity contribution in [2.24, 2.45) is 0 Å². The van der Waals surface area contributed by atoms with Crippen molar-refractivity contribution in [1.29, 1.82) is 0 Å². The lowest BCUT2D eigenvalue weighted by Gasteiger charge is -2.20. The molecule has 0 bridgehead atoms. The second-order valence-electron chi connectivity index (χ2n) is 4.58. The summed E-state index contributed by atoms with van der Waals surface area (Å²) in [6, 6.07) is 0. The van der Waals surface area contributed by atoms with E-state index in [-0.39, 0.29) is 44.5 Å². The predicted molar refractivity (Wildman–Crippen MR) is 76.3 cm³/mol. The molecule has 0 saturated heterocycles. The maximum atomic E-state index is 12.4. The zero-order valence-electron chi connectivity index (χ0n) is 12.6. The van der Waals surface area contributed by atoms with Crippen LogP contribution in [0.4, 0.5) is 0 Å². The molecule has 7 nitrogen and oxygen atoms in total. The van der Waals surface area contributed by atoms with Crippen molar-refractivity contribution < 1.29 is 24.5 Å². The molecule has 0 saturated carbocycles. The lowest BCUT2D eigenvalue weighted by Crippen LogP contribution is -2.36. The standard InChI is InChI=1S/C14H22N2O5/c1-4-21-14(20)11-9(2)12(15-10(11)3)13(19)16(5-7-17)6-8-18/h15,17-18H,4-8H2,1-3H3. The summed E-state index contributed by atoms with van der Waals surface area (Å²) in [7, 11) is 0. The van der Waals surface area contributed by atoms with Crippen LogP contribution in [0.15, 0.2) is 0 Å². The SMILES string of the molecule is CCOC(=O)c1c(C)[nH]c(C(=O)N(CCO)CCO)c1C. The Morgan fingerprint density at radius 1 is 1.19 bits per heavy atom. The maximum Gasteiger partial charge on any atom is 0.340 e. The summed E-state index contributed by atoms with van der Waals surface area (Å²) in [5.41, 5.74) is 1.70. The van der Waals surface area contributed by atoms with Gasteiger partial charge in [0.15, 0.2) is 0 Å². The van der Waals surface area contributed by atoms with Crippen LogP contribution in [0.3, 0.4) is 0 Å². The third kappa shape index (κ3) is 3.83. The van der Waals surface area contributed by atoms with Crippen molar-refractivity contribution in [1.82, 2.24) is 9.88 Å². The number of aliphatic hydroxyl groups excluding tert-OH is 2. The second-order valence-corrected chi connectivity index (χ2v) is 4.58. The van der Waals surface area contributed by atoms with Gasteiger partial charge in [-0.25, -0.2) is 4.79 Å². The second kappa shape index (κ2) is 7.80. The van der Waals surface area contributed by atoms with E-state index in [1.165, 1.54) is 4.90 Å². The third-order valence-corrected chi connectivity index (χ3v) is 3.16. The molecule has 1 rings (SSSR count). The molecule has 3 N–H and O–H groups in total. The average molecular weight is 298 g/mol. The summed E-state index contributed by atoms with van der Waals surface area (Å²) in [6.07, 6.45) is 0. The van der Waals surface area contributed by atoms with E-state index < -0.39 is 5.97 Å². The molecular weight excluding hydrogens is 276 g/mol. The number of carbonyl (C=O) groups excluding carboxylic acids is 2. The van der Waals surface area contributed by atoms with E-state index in [0.29, 0.717) is 16.8 Å². The van der Waals surface area contributed by atoms with Crippen molar-refractivity contribution >= 4 is 11.9 Å². The lowest BCUT2D eigenvalue weighted by atomic mass is 10.1. The Kier molecular flexibility index (Phi) is 6.39. The molecule has 0 radical (unpaired) electrons. The van der Waals surface area contributed by atoms with Gasteiger partial charge in [-0.1, -0.05) is 0 Å². The number of carbonyl (C=O) groups is 2. The molecule has 0 aliphatic heterocycles. The van der Waals surface area contributed by atoms with E-state index in [0.717, 1.165) is 0 Å². The van der Waals surface area contributed by atoms with Gasteiger partial charge in [-0.3, -0.25) is 4.79 Å². The number of esters is 1. The molecule has 0 spiro atoms. The molecule has 0 atom stereocenters. The molecule has 1 heterocycles. The Labute approximate surface area is 123 Å². The van der Waals surface area contributed by atoms with Crippen LogP contribution in [0.2, 0.25) is 0 Å².